The molecule has 26 heavy (non-hydrogen) atoms. The van der Waals surface area contributed by atoms with Gasteiger partial charge in [-0.15, -0.1) is 0 Å². The minimum Gasteiger partial charge on any atom is -0.378 e. The quantitative estimate of drug-likeness (QED) is 0.527. The van der Waals surface area contributed by atoms with Crippen molar-refractivity contribution < 1.29 is 13.3 Å². The molecule has 1 aromatic rings. The van der Waals surface area contributed by atoms with Gasteiger partial charge in [0, 0.05) is 18.7 Å². The van der Waals surface area contributed by atoms with Crippen molar-refractivity contribution in [1.82, 2.24) is 9.62 Å². The first-order valence-corrected chi connectivity index (χ1v) is 10.4. The van der Waals surface area contributed by atoms with Gasteiger partial charge >= 0.3 is 0 Å². The highest BCUT2D eigenvalue weighted by molar-refractivity contribution is 7.89. The van der Waals surface area contributed by atoms with E-state index in [1.165, 1.54) is 51.3 Å². The zero-order valence-corrected chi connectivity index (χ0v) is 16.4. The van der Waals surface area contributed by atoms with Gasteiger partial charge in [-0.3, -0.25) is 10.1 Å². The molecule has 0 aromatic heterocycles. The summed E-state index contributed by atoms with van der Waals surface area (Å²) in [5, 5.41) is 14.6. The fourth-order valence-corrected chi connectivity index (χ4v) is 4.35. The second-order valence-electron chi connectivity index (χ2n) is 6.95. The summed E-state index contributed by atoms with van der Waals surface area (Å²) in [7, 11) is 1.61. The van der Waals surface area contributed by atoms with E-state index in [1.54, 1.807) is 0 Å². The summed E-state index contributed by atoms with van der Waals surface area (Å²) in [6.07, 6.45) is 6.08. The molecule has 0 aliphatic heterocycles. The van der Waals surface area contributed by atoms with Crippen LogP contribution in [0.4, 0.5) is 11.4 Å². The molecule has 1 saturated carbocycles. The van der Waals surface area contributed by atoms with Crippen molar-refractivity contribution in [1.29, 1.82) is 0 Å². The number of hydrogen-bond donors (Lipinski definition) is 2. The molecule has 1 unspecified atom stereocenters. The number of likely N-dealkylation sites (N-methyl/N-ethyl adjacent to an activating group) is 1. The molecule has 1 aliphatic carbocycles. The molecule has 0 heterocycles. The third-order valence-electron chi connectivity index (χ3n) is 5.10. The second-order valence-corrected chi connectivity index (χ2v) is 8.84. The third-order valence-corrected chi connectivity index (χ3v) is 6.52. The van der Waals surface area contributed by atoms with Crippen molar-refractivity contribution in [3.63, 3.8) is 0 Å². The van der Waals surface area contributed by atoms with Gasteiger partial charge in [0.05, 0.1) is 9.82 Å². The summed E-state index contributed by atoms with van der Waals surface area (Å²) >= 11 is 0. The van der Waals surface area contributed by atoms with Crippen molar-refractivity contribution in [2.45, 2.75) is 43.0 Å². The smallest absolute Gasteiger partial charge is 0.293 e. The van der Waals surface area contributed by atoms with Gasteiger partial charge < -0.3 is 10.2 Å². The number of nitrogens with zero attached hydrogens (tertiary/aromatic N) is 2. The average molecular weight is 385 g/mol. The van der Waals surface area contributed by atoms with Crippen LogP contribution in [0.25, 0.3) is 0 Å². The first-order chi connectivity index (χ1) is 12.3. The molecule has 2 N–H and O–H groups in total. The first-order valence-electron chi connectivity index (χ1n) is 8.88. The van der Waals surface area contributed by atoms with Crippen molar-refractivity contribution in [3.8, 4) is 0 Å². The maximum absolute atomic E-state index is 11.9. The molecular formula is C17H28N4O4S. The van der Waals surface area contributed by atoms with Gasteiger partial charge in [-0.2, -0.15) is 0 Å². The lowest BCUT2D eigenvalue weighted by molar-refractivity contribution is -0.384. The van der Waals surface area contributed by atoms with E-state index in [2.05, 4.69) is 14.9 Å². The number of nitrogens with one attached hydrogen (secondary N) is 2. The average Bonchev–Trinajstić information content (AvgIpc) is 2.62. The van der Waals surface area contributed by atoms with Crippen LogP contribution in [0.15, 0.2) is 23.1 Å². The third kappa shape index (κ3) is 4.93. The Morgan fingerprint density at radius 3 is 2.46 bits per heavy atom. The van der Waals surface area contributed by atoms with Crippen LogP contribution in [0.3, 0.4) is 0 Å². The number of anilines is 1. The highest BCUT2D eigenvalue weighted by atomic mass is 32.2. The molecule has 1 atom stereocenters. The summed E-state index contributed by atoms with van der Waals surface area (Å²) in [6.45, 7) is 0.580. The predicted octanol–water partition coefficient (Wildman–Crippen LogP) is 2.43. The van der Waals surface area contributed by atoms with Crippen LogP contribution in [0.2, 0.25) is 0 Å². The number of hydrogen-bond acceptors (Lipinski definition) is 6. The van der Waals surface area contributed by atoms with Crippen molar-refractivity contribution in [3.05, 3.63) is 28.3 Å². The van der Waals surface area contributed by atoms with Crippen molar-refractivity contribution in [2.75, 3.05) is 33.0 Å². The molecule has 2 rings (SSSR count). The lowest BCUT2D eigenvalue weighted by Crippen LogP contribution is -2.41. The Kier molecular flexibility index (Phi) is 6.96. The van der Waals surface area contributed by atoms with Crippen LogP contribution in [0.1, 0.15) is 32.1 Å². The molecule has 1 fully saturated rings. The van der Waals surface area contributed by atoms with Crippen molar-refractivity contribution in [2.24, 2.45) is 5.92 Å². The van der Waals surface area contributed by atoms with E-state index >= 15 is 0 Å². The molecule has 8 nitrogen and oxygen atoms in total. The minimum atomic E-state index is -3.72. The van der Waals surface area contributed by atoms with Crippen LogP contribution >= 0.6 is 0 Å². The van der Waals surface area contributed by atoms with Gasteiger partial charge in [0.2, 0.25) is 10.0 Å². The summed E-state index contributed by atoms with van der Waals surface area (Å²) in [6, 6.07) is 4.22. The Hall–Kier alpha value is -1.71. The number of rotatable bonds is 8. The maximum atomic E-state index is 11.9. The second kappa shape index (κ2) is 8.79. The zero-order valence-electron chi connectivity index (χ0n) is 15.6. The number of nitro groups is 1. The SMILES string of the molecule is CNS(=O)(=O)c1ccc(NCC(C2CCCCC2)N(C)C)c([N+](=O)[O-])c1. The molecule has 9 heteroatoms. The number of benzene rings is 1. The summed E-state index contributed by atoms with van der Waals surface area (Å²) in [5.41, 5.74) is 0.107. The minimum absolute atomic E-state index is 0.117. The van der Waals surface area contributed by atoms with E-state index < -0.39 is 14.9 Å². The van der Waals surface area contributed by atoms with Gasteiger partial charge in [0.1, 0.15) is 5.69 Å². The molecule has 0 saturated heterocycles. The highest BCUT2D eigenvalue weighted by Gasteiger charge is 2.26. The molecule has 0 amide bonds. The van der Waals surface area contributed by atoms with E-state index in [0.717, 1.165) is 6.07 Å². The summed E-state index contributed by atoms with van der Waals surface area (Å²) < 4.78 is 26.0. The standard InChI is InChI=1S/C17H28N4O4S/c1-18-26(24,25)14-9-10-15(16(11-14)21(22)23)19-12-17(20(2)3)13-7-5-4-6-8-13/h9-11,13,17-19H,4-8,12H2,1-3H3. The zero-order chi connectivity index (χ0) is 19.3. The van der Waals surface area contributed by atoms with Crippen molar-refractivity contribution >= 4 is 21.4 Å². The van der Waals surface area contributed by atoms with Crippen LogP contribution in [-0.2, 0) is 10.0 Å². The van der Waals surface area contributed by atoms with Crippen LogP contribution in [0.5, 0.6) is 0 Å². The molecule has 0 spiro atoms. The van der Waals surface area contributed by atoms with Gasteiger partial charge in [-0.1, -0.05) is 19.3 Å². The fourth-order valence-electron chi connectivity index (χ4n) is 3.60. The van der Waals surface area contributed by atoms with Crippen LogP contribution < -0.4 is 10.0 Å². The topological polar surface area (TPSA) is 105 Å². The predicted molar refractivity (Wildman–Crippen MR) is 102 cm³/mol. The summed E-state index contributed by atoms with van der Waals surface area (Å²) in [5.74, 6) is 0.564. The van der Waals surface area contributed by atoms with Crippen LogP contribution in [0, 0.1) is 16.0 Å². The normalized spacial score (nSPS) is 17.2. The molecule has 1 aromatic carbocycles. The van der Waals surface area contributed by atoms with E-state index in [-0.39, 0.29) is 16.6 Å². The Labute approximate surface area is 155 Å². The fraction of sp³-hybridized carbons (Fsp3) is 0.647. The summed E-state index contributed by atoms with van der Waals surface area (Å²) in [4.78, 5) is 12.9. The molecule has 146 valence electrons. The van der Waals surface area contributed by atoms with Crippen LogP contribution in [-0.4, -0.2) is 52.0 Å². The van der Waals surface area contributed by atoms with Gasteiger partial charge in [0.25, 0.3) is 5.69 Å². The Balaban J connectivity index is 2.20. The lowest BCUT2D eigenvalue weighted by atomic mass is 9.83. The van der Waals surface area contributed by atoms with E-state index in [0.29, 0.717) is 18.2 Å². The Bertz CT molecular complexity index is 730. The molecule has 0 radical (unpaired) electrons. The van der Waals surface area contributed by atoms with Gasteiger partial charge in [-0.05, 0) is 52.0 Å². The molecule has 0 bridgehead atoms. The lowest BCUT2D eigenvalue weighted by Gasteiger charge is -2.35. The largest absolute Gasteiger partial charge is 0.378 e. The number of sulfonamides is 1. The monoisotopic (exact) mass is 384 g/mol. The van der Waals surface area contributed by atoms with E-state index in [4.69, 9.17) is 0 Å². The molecular weight excluding hydrogens is 356 g/mol. The highest BCUT2D eigenvalue weighted by Crippen LogP contribution is 2.31. The first kappa shape index (κ1) is 20.6. The number of nitro benzene ring substituents is 1. The molecule has 1 aliphatic rings. The Morgan fingerprint density at radius 1 is 1.27 bits per heavy atom. The Morgan fingerprint density at radius 2 is 1.92 bits per heavy atom. The van der Waals surface area contributed by atoms with E-state index in [1.807, 2.05) is 14.1 Å². The van der Waals surface area contributed by atoms with Gasteiger partial charge in [-0.25, -0.2) is 13.1 Å². The van der Waals surface area contributed by atoms with Gasteiger partial charge in [0.15, 0.2) is 0 Å². The maximum Gasteiger partial charge on any atom is 0.293 e. The van der Waals surface area contributed by atoms with E-state index in [9.17, 15) is 18.5 Å².